The maximum absolute atomic E-state index is 13.4. The molecule has 3 amide bonds. The van der Waals surface area contributed by atoms with Crippen molar-refractivity contribution in [3.8, 4) is 0 Å². The minimum atomic E-state index is -0.959. The molecule has 3 rings (SSSR count). The van der Waals surface area contributed by atoms with Gasteiger partial charge in [-0.1, -0.05) is 71.0 Å². The van der Waals surface area contributed by atoms with Crippen molar-refractivity contribution in [1.29, 1.82) is 0 Å². The minimum Gasteiger partial charge on any atom is -0.444 e. The molecule has 1 aliphatic rings. The summed E-state index contributed by atoms with van der Waals surface area (Å²) in [6.45, 7) is 9.76. The summed E-state index contributed by atoms with van der Waals surface area (Å²) in [6.07, 6.45) is 1.05. The van der Waals surface area contributed by atoms with Gasteiger partial charge in [-0.25, -0.2) is 0 Å². The molecule has 1 heterocycles. The second kappa shape index (κ2) is 14.2. The van der Waals surface area contributed by atoms with Crippen LogP contribution in [0.5, 0.6) is 0 Å². The highest BCUT2D eigenvalue weighted by Crippen LogP contribution is 2.30. The fourth-order valence-corrected chi connectivity index (χ4v) is 4.86. The molecule has 0 aromatic heterocycles. The first-order valence-corrected chi connectivity index (χ1v) is 14.4. The van der Waals surface area contributed by atoms with Crippen LogP contribution in [0.2, 0.25) is 0 Å². The summed E-state index contributed by atoms with van der Waals surface area (Å²) in [4.78, 5) is 78.1. The molecule has 0 saturated carbocycles. The van der Waals surface area contributed by atoms with Gasteiger partial charge in [-0.15, -0.1) is 0 Å². The standard InChI is InChI=1S/C33H41N3O7/c1-21(2)17-28(38)43-20-35(6)32(42)27(11-8-16-37)36-19-26-23(9-7-10-25(26)31(36)41)18-34-30(40)29(39)22-12-14-24(15-13-22)33(3,4)5/h7,9-10,12-16,21,27H,8,11,17-20H2,1-6H3,(H,34,40). The zero-order chi connectivity index (χ0) is 31.9. The number of hydrogen-bond donors (Lipinski definition) is 1. The predicted molar refractivity (Wildman–Crippen MR) is 160 cm³/mol. The number of carbonyl (C=O) groups excluding carboxylic acids is 6. The lowest BCUT2D eigenvalue weighted by Gasteiger charge is -2.30. The Morgan fingerprint density at radius 2 is 1.74 bits per heavy atom. The van der Waals surface area contributed by atoms with E-state index in [1.54, 1.807) is 30.3 Å². The van der Waals surface area contributed by atoms with Crippen LogP contribution in [0.4, 0.5) is 0 Å². The number of fused-ring (bicyclic) bond motifs is 1. The molecular formula is C33H41N3O7. The second-order valence-electron chi connectivity index (χ2n) is 12.3. The molecule has 0 saturated heterocycles. The number of esters is 1. The SMILES string of the molecule is CC(C)CC(=O)OCN(C)C(=O)C(CCC=O)N1Cc2c(CNC(=O)C(=O)c3ccc(C(C)(C)C)cc3)cccc2C1=O. The Kier molecular flexibility index (Phi) is 11.0. The summed E-state index contributed by atoms with van der Waals surface area (Å²) in [5, 5.41) is 2.66. The lowest BCUT2D eigenvalue weighted by Crippen LogP contribution is -2.48. The van der Waals surface area contributed by atoms with Gasteiger partial charge in [0.2, 0.25) is 11.7 Å². The Labute approximate surface area is 252 Å². The van der Waals surface area contributed by atoms with Crippen LogP contribution in [-0.2, 0) is 42.4 Å². The number of ether oxygens (including phenoxy) is 1. The average molecular weight is 592 g/mol. The quantitative estimate of drug-likeness (QED) is 0.123. The summed E-state index contributed by atoms with van der Waals surface area (Å²) in [5.41, 5.74) is 2.88. The van der Waals surface area contributed by atoms with Gasteiger partial charge in [0.1, 0.15) is 12.3 Å². The van der Waals surface area contributed by atoms with Crippen LogP contribution in [-0.4, -0.2) is 65.4 Å². The van der Waals surface area contributed by atoms with Gasteiger partial charge in [0.15, 0.2) is 6.73 Å². The van der Waals surface area contributed by atoms with E-state index in [0.717, 1.165) is 5.56 Å². The lowest BCUT2D eigenvalue weighted by atomic mass is 9.86. The van der Waals surface area contributed by atoms with E-state index >= 15 is 0 Å². The Balaban J connectivity index is 1.71. The zero-order valence-corrected chi connectivity index (χ0v) is 25.8. The first-order valence-electron chi connectivity index (χ1n) is 14.4. The summed E-state index contributed by atoms with van der Waals surface area (Å²) in [6, 6.07) is 11.1. The third-order valence-electron chi connectivity index (χ3n) is 7.34. The molecule has 1 aliphatic heterocycles. The first kappa shape index (κ1) is 33.2. The van der Waals surface area contributed by atoms with Gasteiger partial charge in [-0.05, 0) is 40.5 Å². The van der Waals surface area contributed by atoms with E-state index in [2.05, 4.69) is 26.1 Å². The zero-order valence-electron chi connectivity index (χ0n) is 25.8. The highest BCUT2D eigenvalue weighted by Gasteiger charge is 2.38. The van der Waals surface area contributed by atoms with Gasteiger partial charge in [0.05, 0.1) is 0 Å². The molecule has 0 bridgehead atoms. The highest BCUT2D eigenvalue weighted by atomic mass is 16.5. The molecule has 43 heavy (non-hydrogen) atoms. The normalized spacial score (nSPS) is 13.4. The highest BCUT2D eigenvalue weighted by molar-refractivity contribution is 6.42. The van der Waals surface area contributed by atoms with Gasteiger partial charge < -0.3 is 24.6 Å². The maximum atomic E-state index is 13.4. The molecule has 1 N–H and O–H groups in total. The van der Waals surface area contributed by atoms with E-state index in [1.807, 2.05) is 26.0 Å². The Bertz CT molecular complexity index is 1380. The second-order valence-corrected chi connectivity index (χ2v) is 12.3. The van der Waals surface area contributed by atoms with Gasteiger partial charge >= 0.3 is 5.97 Å². The Morgan fingerprint density at radius 3 is 2.35 bits per heavy atom. The topological polar surface area (TPSA) is 130 Å². The van der Waals surface area contributed by atoms with Crippen molar-refractivity contribution >= 4 is 35.8 Å². The van der Waals surface area contributed by atoms with Crippen molar-refractivity contribution in [3.63, 3.8) is 0 Å². The number of amides is 3. The van der Waals surface area contributed by atoms with E-state index in [4.69, 9.17) is 4.74 Å². The first-order chi connectivity index (χ1) is 20.2. The molecule has 0 spiro atoms. The van der Waals surface area contributed by atoms with Crippen LogP contribution >= 0.6 is 0 Å². The lowest BCUT2D eigenvalue weighted by molar-refractivity contribution is -0.154. The van der Waals surface area contributed by atoms with Crippen molar-refractivity contribution in [2.45, 2.75) is 78.4 Å². The molecule has 10 heteroatoms. The van der Waals surface area contributed by atoms with Crippen LogP contribution < -0.4 is 5.32 Å². The van der Waals surface area contributed by atoms with Gasteiger partial charge in [-0.3, -0.25) is 24.0 Å². The van der Waals surface area contributed by atoms with Gasteiger partial charge in [-0.2, -0.15) is 0 Å². The number of Topliss-reactive ketones (excluding diaryl/α,β-unsaturated/α-hetero) is 1. The van der Waals surface area contributed by atoms with E-state index < -0.39 is 29.6 Å². The molecule has 0 radical (unpaired) electrons. The molecule has 10 nitrogen and oxygen atoms in total. The molecule has 0 fully saturated rings. The number of aldehydes is 1. The minimum absolute atomic E-state index is 0.00754. The van der Waals surface area contributed by atoms with Crippen LogP contribution in [0.1, 0.15) is 91.3 Å². The van der Waals surface area contributed by atoms with E-state index in [0.29, 0.717) is 23.0 Å². The number of carbonyl (C=O) groups is 6. The number of likely N-dealkylation sites (N-methyl/N-ethyl adjacent to an activating group) is 1. The number of rotatable bonds is 13. The molecule has 0 aliphatic carbocycles. The van der Waals surface area contributed by atoms with Crippen molar-refractivity contribution in [3.05, 3.63) is 70.3 Å². The molecule has 1 unspecified atom stereocenters. The van der Waals surface area contributed by atoms with Crippen LogP contribution in [0.3, 0.4) is 0 Å². The molecular weight excluding hydrogens is 550 g/mol. The van der Waals surface area contributed by atoms with E-state index in [1.165, 1.54) is 16.8 Å². The van der Waals surface area contributed by atoms with Crippen LogP contribution in [0, 0.1) is 5.92 Å². The van der Waals surface area contributed by atoms with Crippen molar-refractivity contribution < 1.29 is 33.5 Å². The third kappa shape index (κ3) is 8.37. The Morgan fingerprint density at radius 1 is 1.07 bits per heavy atom. The molecule has 230 valence electrons. The summed E-state index contributed by atoms with van der Waals surface area (Å²) < 4.78 is 5.21. The van der Waals surface area contributed by atoms with Crippen molar-refractivity contribution in [2.75, 3.05) is 13.8 Å². The van der Waals surface area contributed by atoms with Crippen LogP contribution in [0.25, 0.3) is 0 Å². The van der Waals surface area contributed by atoms with Crippen molar-refractivity contribution in [2.24, 2.45) is 5.92 Å². The van der Waals surface area contributed by atoms with Gasteiger partial charge in [0, 0.05) is 44.1 Å². The fourth-order valence-electron chi connectivity index (χ4n) is 4.86. The third-order valence-corrected chi connectivity index (χ3v) is 7.34. The fraction of sp³-hybridized carbons (Fsp3) is 0.455. The van der Waals surface area contributed by atoms with Crippen molar-refractivity contribution in [1.82, 2.24) is 15.1 Å². The van der Waals surface area contributed by atoms with E-state index in [9.17, 15) is 28.8 Å². The molecule has 2 aromatic carbocycles. The number of nitrogens with zero attached hydrogens (tertiary/aromatic N) is 2. The summed E-state index contributed by atoms with van der Waals surface area (Å²) in [5.74, 6) is -2.61. The largest absolute Gasteiger partial charge is 0.444 e. The summed E-state index contributed by atoms with van der Waals surface area (Å²) in [7, 11) is 1.47. The van der Waals surface area contributed by atoms with E-state index in [-0.39, 0.29) is 61.9 Å². The number of ketones is 1. The average Bonchev–Trinajstić information content (AvgIpc) is 3.30. The smallest absolute Gasteiger partial charge is 0.307 e. The van der Waals surface area contributed by atoms with Crippen LogP contribution in [0.15, 0.2) is 42.5 Å². The maximum Gasteiger partial charge on any atom is 0.307 e. The predicted octanol–water partition coefficient (Wildman–Crippen LogP) is 3.79. The summed E-state index contributed by atoms with van der Waals surface area (Å²) >= 11 is 0. The number of hydrogen-bond acceptors (Lipinski definition) is 7. The monoisotopic (exact) mass is 591 g/mol. The number of nitrogens with one attached hydrogen (secondary N) is 1. The molecule has 2 aromatic rings. The van der Waals surface area contributed by atoms with Gasteiger partial charge in [0.25, 0.3) is 11.8 Å². The molecule has 1 atom stereocenters. The number of benzene rings is 2. The Hall–Kier alpha value is -4.34.